The van der Waals surface area contributed by atoms with Crippen LogP contribution in [0.3, 0.4) is 0 Å². The molecular weight excluding hydrogens is 343 g/mol. The lowest BCUT2D eigenvalue weighted by Crippen LogP contribution is -2.16. The van der Waals surface area contributed by atoms with Gasteiger partial charge in [-0.1, -0.05) is 17.7 Å². The molecule has 8 nitrogen and oxygen atoms in total. The number of methoxy groups -OCH3 is 1. The Kier molecular flexibility index (Phi) is 5.56. The van der Waals surface area contributed by atoms with Crippen molar-refractivity contribution in [2.45, 2.75) is 13.2 Å². The van der Waals surface area contributed by atoms with Gasteiger partial charge >= 0.3 is 7.60 Å². The Labute approximate surface area is 137 Å². The molecule has 0 radical (unpaired) electrons. The van der Waals surface area contributed by atoms with Crippen LogP contribution in [-0.2, 0) is 9.30 Å². The highest BCUT2D eigenvalue weighted by Crippen LogP contribution is 2.39. The molecule has 0 aliphatic heterocycles. The first-order valence-corrected chi connectivity index (χ1v) is 8.52. The van der Waals surface area contributed by atoms with Crippen molar-refractivity contribution in [2.24, 2.45) is 4.99 Å². The van der Waals surface area contributed by atoms with Crippen LogP contribution in [0.25, 0.3) is 11.3 Å². The molecule has 4 N–H and O–H groups in total. The number of ether oxygens (including phenoxy) is 1. The van der Waals surface area contributed by atoms with E-state index in [1.165, 1.54) is 7.11 Å². The van der Waals surface area contributed by atoms with Crippen molar-refractivity contribution in [1.82, 2.24) is 9.97 Å². The topological polar surface area (TPSA) is 120 Å². The number of aromatic nitrogens is 2. The number of halogens is 1. The van der Waals surface area contributed by atoms with Crippen LogP contribution in [-0.4, -0.2) is 38.7 Å². The second-order valence-corrected chi connectivity index (χ2v) is 6.54. The van der Waals surface area contributed by atoms with E-state index in [2.05, 4.69) is 20.3 Å². The molecule has 0 saturated carbocycles. The number of amidine groups is 1. The number of hydrogen-bond donors (Lipinski definition) is 4. The van der Waals surface area contributed by atoms with E-state index in [0.29, 0.717) is 5.69 Å². The van der Waals surface area contributed by atoms with E-state index in [0.717, 1.165) is 11.3 Å². The van der Waals surface area contributed by atoms with Gasteiger partial charge in [-0.05, 0) is 19.1 Å². The number of H-pyrrole nitrogens is 1. The third kappa shape index (κ3) is 4.63. The van der Waals surface area contributed by atoms with Crippen molar-refractivity contribution in [3.8, 4) is 11.3 Å². The van der Waals surface area contributed by atoms with Gasteiger partial charge in [-0.3, -0.25) is 4.57 Å². The minimum absolute atomic E-state index is 0.281. The normalized spacial score (nSPS) is 13.9. The Bertz CT molecular complexity index is 744. The van der Waals surface area contributed by atoms with E-state index >= 15 is 0 Å². The molecule has 0 bridgehead atoms. The van der Waals surface area contributed by atoms with Gasteiger partial charge in [0.2, 0.25) is 5.58 Å². The maximum Gasteiger partial charge on any atom is 0.391 e. The average molecular weight is 359 g/mol. The standard InChI is InChI=1S/C13H16ClN4O4P/c1-8(22-2)17-13(23(19,20)21)18-11-4-3-9(5-10(11)14)12-6-15-7-16-12/h3-8H,1-2H3,(H,15,16)(H,17,18)(H2,19,20,21). The van der Waals surface area contributed by atoms with Gasteiger partial charge in [-0.15, -0.1) is 0 Å². The predicted octanol–water partition coefficient (Wildman–Crippen LogP) is 2.67. The zero-order chi connectivity index (χ0) is 17.0. The molecule has 0 fully saturated rings. The summed E-state index contributed by atoms with van der Waals surface area (Å²) in [7, 11) is -3.22. The molecule has 2 rings (SSSR count). The van der Waals surface area contributed by atoms with Crippen molar-refractivity contribution in [3.63, 3.8) is 0 Å². The molecule has 1 unspecified atom stereocenters. The lowest BCUT2D eigenvalue weighted by molar-refractivity contribution is 0.126. The molecule has 23 heavy (non-hydrogen) atoms. The van der Waals surface area contributed by atoms with E-state index < -0.39 is 19.4 Å². The highest BCUT2D eigenvalue weighted by atomic mass is 35.5. The van der Waals surface area contributed by atoms with Crippen LogP contribution in [0, 0.1) is 0 Å². The predicted molar refractivity (Wildman–Crippen MR) is 88.6 cm³/mol. The van der Waals surface area contributed by atoms with Gasteiger partial charge in [-0.25, -0.2) is 9.98 Å². The Morgan fingerprint density at radius 3 is 2.78 bits per heavy atom. The summed E-state index contributed by atoms with van der Waals surface area (Å²) in [4.78, 5) is 29.5. The fourth-order valence-corrected chi connectivity index (χ4v) is 2.53. The lowest BCUT2D eigenvalue weighted by Gasteiger charge is -2.15. The molecule has 0 amide bonds. The Morgan fingerprint density at radius 2 is 2.26 bits per heavy atom. The maximum absolute atomic E-state index is 11.5. The molecule has 0 aliphatic carbocycles. The number of rotatable bonds is 5. The molecule has 1 atom stereocenters. The molecule has 1 heterocycles. The summed E-state index contributed by atoms with van der Waals surface area (Å²) in [5.74, 6) is 0. The van der Waals surface area contributed by atoms with Crippen LogP contribution >= 0.6 is 19.2 Å². The number of aliphatic imine (C=N–C) groups is 1. The summed E-state index contributed by atoms with van der Waals surface area (Å²) in [6.07, 6.45) is 2.47. The number of nitrogens with zero attached hydrogens (tertiary/aromatic N) is 2. The van der Waals surface area contributed by atoms with Crippen molar-refractivity contribution < 1.29 is 19.1 Å². The van der Waals surface area contributed by atoms with Crippen LogP contribution < -0.4 is 5.32 Å². The van der Waals surface area contributed by atoms with E-state index in [-0.39, 0.29) is 5.02 Å². The van der Waals surface area contributed by atoms with Gasteiger partial charge in [-0.2, -0.15) is 0 Å². The maximum atomic E-state index is 11.5. The van der Waals surface area contributed by atoms with Crippen LogP contribution in [0.5, 0.6) is 0 Å². The number of benzene rings is 1. The van der Waals surface area contributed by atoms with Crippen molar-refractivity contribution in [2.75, 3.05) is 12.4 Å². The smallest absolute Gasteiger partial charge is 0.360 e. The van der Waals surface area contributed by atoms with E-state index in [9.17, 15) is 14.4 Å². The van der Waals surface area contributed by atoms with Crippen LogP contribution in [0.15, 0.2) is 35.7 Å². The summed E-state index contributed by atoms with van der Waals surface area (Å²) in [5, 5.41) is 2.85. The van der Waals surface area contributed by atoms with Crippen LogP contribution in [0.1, 0.15) is 6.92 Å². The van der Waals surface area contributed by atoms with E-state index in [1.807, 2.05) is 0 Å². The second-order valence-electron chi connectivity index (χ2n) is 4.62. The van der Waals surface area contributed by atoms with Crippen molar-refractivity contribution in [1.29, 1.82) is 0 Å². The monoisotopic (exact) mass is 358 g/mol. The molecule has 124 valence electrons. The second kappa shape index (κ2) is 7.25. The molecule has 0 spiro atoms. The number of aromatic amines is 1. The summed E-state index contributed by atoms with van der Waals surface area (Å²) >= 11 is 6.17. The summed E-state index contributed by atoms with van der Waals surface area (Å²) in [6.45, 7) is 1.56. The minimum Gasteiger partial charge on any atom is -0.360 e. The summed E-state index contributed by atoms with van der Waals surface area (Å²) in [5.41, 5.74) is 1.37. The Hall–Kier alpha value is -1.70. The molecule has 10 heteroatoms. The van der Waals surface area contributed by atoms with Gasteiger partial charge in [0.1, 0.15) is 6.23 Å². The molecule has 1 aromatic carbocycles. The quantitative estimate of drug-likeness (QED) is 0.370. The molecule has 0 saturated heterocycles. The van der Waals surface area contributed by atoms with E-state index in [1.54, 1.807) is 37.6 Å². The summed E-state index contributed by atoms with van der Waals surface area (Å²) in [6, 6.07) is 4.98. The average Bonchev–Trinajstić information content (AvgIpc) is 3.01. The first-order valence-electron chi connectivity index (χ1n) is 6.53. The first-order chi connectivity index (χ1) is 10.8. The van der Waals surface area contributed by atoms with Gasteiger partial charge in [0, 0.05) is 12.7 Å². The van der Waals surface area contributed by atoms with Crippen molar-refractivity contribution >= 4 is 30.5 Å². The number of nitrogens with one attached hydrogen (secondary N) is 2. The number of imidazole rings is 1. The number of anilines is 1. The van der Waals surface area contributed by atoms with Crippen molar-refractivity contribution in [3.05, 3.63) is 35.7 Å². The minimum atomic E-state index is -4.60. The van der Waals surface area contributed by atoms with Crippen LogP contribution in [0.4, 0.5) is 5.69 Å². The Morgan fingerprint density at radius 1 is 1.52 bits per heavy atom. The van der Waals surface area contributed by atoms with Crippen LogP contribution in [0.2, 0.25) is 5.02 Å². The SMILES string of the molecule is COC(C)/N=C(/Nc1ccc(-c2cnc[nH]2)cc1Cl)P(=O)(O)O. The third-order valence-electron chi connectivity index (χ3n) is 2.95. The third-order valence-corrected chi connectivity index (χ3v) is 4.04. The van der Waals surface area contributed by atoms with Gasteiger partial charge in [0.05, 0.1) is 28.9 Å². The van der Waals surface area contributed by atoms with Gasteiger partial charge < -0.3 is 24.8 Å². The zero-order valence-corrected chi connectivity index (χ0v) is 14.0. The summed E-state index contributed by atoms with van der Waals surface area (Å²) < 4.78 is 16.4. The van der Waals surface area contributed by atoms with E-state index in [4.69, 9.17) is 16.3 Å². The molecule has 1 aromatic heterocycles. The largest absolute Gasteiger partial charge is 0.391 e. The first kappa shape index (κ1) is 17.7. The Balaban J connectivity index is 2.31. The van der Waals surface area contributed by atoms with Gasteiger partial charge in [0.15, 0.2) is 0 Å². The number of hydrogen-bond acceptors (Lipinski definition) is 4. The highest BCUT2D eigenvalue weighted by Gasteiger charge is 2.25. The fraction of sp³-hybridized carbons (Fsp3) is 0.231. The highest BCUT2D eigenvalue weighted by molar-refractivity contribution is 7.70. The van der Waals surface area contributed by atoms with Gasteiger partial charge in [0.25, 0.3) is 0 Å². The molecule has 2 aromatic rings. The zero-order valence-electron chi connectivity index (χ0n) is 12.4. The molecular formula is C13H16ClN4O4P. The lowest BCUT2D eigenvalue weighted by atomic mass is 10.1. The fourth-order valence-electron chi connectivity index (χ4n) is 1.72. The molecule has 0 aliphatic rings.